The summed E-state index contributed by atoms with van der Waals surface area (Å²) in [6.45, 7) is 1.63. The fraction of sp³-hybridized carbons (Fsp3) is 0.300. The Morgan fingerprint density at radius 1 is 0.885 bits per heavy atom. The van der Waals surface area contributed by atoms with E-state index in [0.29, 0.717) is 28.3 Å². The van der Waals surface area contributed by atoms with E-state index in [4.69, 9.17) is 9.47 Å². The van der Waals surface area contributed by atoms with Crippen molar-refractivity contribution in [2.24, 2.45) is 0 Å². The van der Waals surface area contributed by atoms with Gasteiger partial charge in [-0.05, 0) is 55.3 Å². The maximum absolute atomic E-state index is 12.4. The van der Waals surface area contributed by atoms with Gasteiger partial charge >= 0.3 is 0 Å². The molecule has 0 radical (unpaired) electrons. The summed E-state index contributed by atoms with van der Waals surface area (Å²) in [6, 6.07) is 11.9. The van der Waals surface area contributed by atoms with Crippen molar-refractivity contribution in [2.45, 2.75) is 12.8 Å². The van der Waals surface area contributed by atoms with Crippen LogP contribution >= 0.6 is 0 Å². The van der Waals surface area contributed by atoms with Crippen LogP contribution in [0.3, 0.4) is 0 Å². The van der Waals surface area contributed by atoms with Gasteiger partial charge in [-0.25, -0.2) is 0 Å². The third-order valence-electron chi connectivity index (χ3n) is 4.43. The summed E-state index contributed by atoms with van der Waals surface area (Å²) in [5, 5.41) is 2.82. The Morgan fingerprint density at radius 3 is 2.12 bits per heavy atom. The van der Waals surface area contributed by atoms with E-state index < -0.39 is 0 Å². The number of methoxy groups -OCH3 is 2. The number of ether oxygens (including phenoxy) is 2. The number of carbonyl (C=O) groups is 2. The van der Waals surface area contributed by atoms with Crippen LogP contribution in [0.2, 0.25) is 0 Å². The first-order valence-electron chi connectivity index (χ1n) is 8.55. The maximum Gasteiger partial charge on any atom is 0.255 e. The highest BCUT2D eigenvalue weighted by Gasteiger charge is 2.19. The second kappa shape index (κ2) is 7.91. The molecule has 0 saturated carbocycles. The van der Waals surface area contributed by atoms with E-state index in [0.717, 1.165) is 25.9 Å². The number of nitrogens with one attached hydrogen (secondary N) is 1. The van der Waals surface area contributed by atoms with E-state index >= 15 is 0 Å². The lowest BCUT2D eigenvalue weighted by molar-refractivity contribution is 0.0792. The molecule has 1 saturated heterocycles. The molecule has 6 nitrogen and oxygen atoms in total. The van der Waals surface area contributed by atoms with Gasteiger partial charge in [0.05, 0.1) is 14.2 Å². The van der Waals surface area contributed by atoms with Crippen LogP contribution in [0, 0.1) is 0 Å². The molecule has 3 rings (SSSR count). The molecule has 1 aliphatic rings. The van der Waals surface area contributed by atoms with Gasteiger partial charge in [0.25, 0.3) is 11.8 Å². The highest BCUT2D eigenvalue weighted by molar-refractivity contribution is 6.05. The first-order chi connectivity index (χ1) is 12.6. The monoisotopic (exact) mass is 354 g/mol. The van der Waals surface area contributed by atoms with Gasteiger partial charge in [0, 0.05) is 29.9 Å². The van der Waals surface area contributed by atoms with Crippen LogP contribution in [0.1, 0.15) is 33.6 Å². The molecular weight excluding hydrogens is 332 g/mol. The minimum Gasteiger partial charge on any atom is -0.493 e. The summed E-state index contributed by atoms with van der Waals surface area (Å²) < 4.78 is 10.4. The summed E-state index contributed by atoms with van der Waals surface area (Å²) in [4.78, 5) is 26.6. The highest BCUT2D eigenvalue weighted by atomic mass is 16.5. The summed E-state index contributed by atoms with van der Waals surface area (Å²) in [6.07, 6.45) is 2.12. The van der Waals surface area contributed by atoms with Crippen LogP contribution in [0.25, 0.3) is 0 Å². The molecule has 2 aromatic rings. The smallest absolute Gasteiger partial charge is 0.255 e. The van der Waals surface area contributed by atoms with Gasteiger partial charge in [0.2, 0.25) is 0 Å². The number of rotatable bonds is 5. The van der Waals surface area contributed by atoms with Crippen molar-refractivity contribution in [1.82, 2.24) is 4.90 Å². The highest BCUT2D eigenvalue weighted by Crippen LogP contribution is 2.28. The standard InChI is InChI=1S/C20H22N2O4/c1-25-17-10-7-15(13-18(17)26-2)19(23)21-16-8-5-14(6-9-16)20(24)22-11-3-4-12-22/h5-10,13H,3-4,11-12H2,1-2H3,(H,21,23). The Balaban J connectivity index is 1.68. The SMILES string of the molecule is COc1ccc(C(=O)Nc2ccc(C(=O)N3CCCC3)cc2)cc1OC. The van der Waals surface area contributed by atoms with Gasteiger partial charge in [-0.3, -0.25) is 9.59 Å². The van der Waals surface area contributed by atoms with Crippen LogP contribution in [-0.2, 0) is 0 Å². The van der Waals surface area contributed by atoms with Crippen molar-refractivity contribution < 1.29 is 19.1 Å². The number of hydrogen-bond donors (Lipinski definition) is 1. The molecular formula is C20H22N2O4. The lowest BCUT2D eigenvalue weighted by Gasteiger charge is -2.15. The van der Waals surface area contributed by atoms with Gasteiger partial charge in [-0.2, -0.15) is 0 Å². The molecule has 0 aromatic heterocycles. The van der Waals surface area contributed by atoms with E-state index in [2.05, 4.69) is 5.32 Å². The molecule has 0 aliphatic carbocycles. The van der Waals surface area contributed by atoms with E-state index in [1.54, 1.807) is 49.6 Å². The Hall–Kier alpha value is -3.02. The van der Waals surface area contributed by atoms with Crippen LogP contribution in [0.4, 0.5) is 5.69 Å². The van der Waals surface area contributed by atoms with Gasteiger partial charge in [-0.15, -0.1) is 0 Å². The molecule has 0 unspecified atom stereocenters. The van der Waals surface area contributed by atoms with Gasteiger partial charge in [-0.1, -0.05) is 0 Å². The largest absolute Gasteiger partial charge is 0.493 e. The van der Waals surface area contributed by atoms with Gasteiger partial charge in [0.15, 0.2) is 11.5 Å². The van der Waals surface area contributed by atoms with Crippen molar-refractivity contribution in [3.63, 3.8) is 0 Å². The summed E-state index contributed by atoms with van der Waals surface area (Å²) in [7, 11) is 3.07. The number of hydrogen-bond acceptors (Lipinski definition) is 4. The number of carbonyl (C=O) groups excluding carboxylic acids is 2. The summed E-state index contributed by atoms with van der Waals surface area (Å²) >= 11 is 0. The average Bonchev–Trinajstić information content (AvgIpc) is 3.22. The minimum atomic E-state index is -0.260. The topological polar surface area (TPSA) is 67.9 Å². The first kappa shape index (κ1) is 17.8. The zero-order chi connectivity index (χ0) is 18.5. The lowest BCUT2D eigenvalue weighted by atomic mass is 10.1. The van der Waals surface area contributed by atoms with Gasteiger partial charge in [0.1, 0.15) is 0 Å². The number of nitrogens with zero attached hydrogens (tertiary/aromatic N) is 1. The van der Waals surface area contributed by atoms with E-state index in [1.807, 2.05) is 4.90 Å². The Bertz CT molecular complexity index is 796. The molecule has 26 heavy (non-hydrogen) atoms. The fourth-order valence-corrected chi connectivity index (χ4v) is 2.98. The Morgan fingerprint density at radius 2 is 1.50 bits per heavy atom. The second-order valence-electron chi connectivity index (χ2n) is 6.10. The fourth-order valence-electron chi connectivity index (χ4n) is 2.98. The summed E-state index contributed by atoms with van der Waals surface area (Å²) in [5.74, 6) is 0.838. The molecule has 2 amide bonds. The molecule has 6 heteroatoms. The molecule has 0 atom stereocenters. The van der Waals surface area contributed by atoms with Crippen molar-refractivity contribution in [1.29, 1.82) is 0 Å². The minimum absolute atomic E-state index is 0.0419. The third kappa shape index (κ3) is 3.79. The van der Waals surface area contributed by atoms with Crippen LogP contribution < -0.4 is 14.8 Å². The normalized spacial score (nSPS) is 13.4. The van der Waals surface area contributed by atoms with Crippen LogP contribution in [0.5, 0.6) is 11.5 Å². The van der Waals surface area contributed by atoms with Crippen molar-refractivity contribution >= 4 is 17.5 Å². The van der Waals surface area contributed by atoms with Crippen LogP contribution in [-0.4, -0.2) is 44.0 Å². The molecule has 1 fully saturated rings. The first-order valence-corrected chi connectivity index (χ1v) is 8.55. The Kier molecular flexibility index (Phi) is 5.41. The molecule has 1 aliphatic heterocycles. The molecule has 0 bridgehead atoms. The Labute approximate surface area is 152 Å². The third-order valence-corrected chi connectivity index (χ3v) is 4.43. The predicted molar refractivity (Wildman–Crippen MR) is 99.1 cm³/mol. The zero-order valence-electron chi connectivity index (χ0n) is 15.0. The number of anilines is 1. The van der Waals surface area contributed by atoms with E-state index in [9.17, 15) is 9.59 Å². The second-order valence-corrected chi connectivity index (χ2v) is 6.10. The van der Waals surface area contributed by atoms with E-state index in [1.165, 1.54) is 7.11 Å². The van der Waals surface area contributed by atoms with Crippen molar-refractivity contribution in [2.75, 3.05) is 32.6 Å². The predicted octanol–water partition coefficient (Wildman–Crippen LogP) is 3.19. The van der Waals surface area contributed by atoms with Crippen molar-refractivity contribution in [3.8, 4) is 11.5 Å². The van der Waals surface area contributed by atoms with Gasteiger partial charge < -0.3 is 19.7 Å². The molecule has 1 heterocycles. The van der Waals surface area contributed by atoms with E-state index in [-0.39, 0.29) is 11.8 Å². The molecule has 136 valence electrons. The average molecular weight is 354 g/mol. The number of likely N-dealkylation sites (tertiary alicyclic amines) is 1. The number of amides is 2. The number of benzene rings is 2. The van der Waals surface area contributed by atoms with Crippen molar-refractivity contribution in [3.05, 3.63) is 53.6 Å². The van der Waals surface area contributed by atoms with Crippen LogP contribution in [0.15, 0.2) is 42.5 Å². The summed E-state index contributed by atoms with van der Waals surface area (Å²) in [5.41, 5.74) is 1.72. The maximum atomic E-state index is 12.4. The zero-order valence-corrected chi connectivity index (χ0v) is 15.0. The molecule has 1 N–H and O–H groups in total. The molecule has 0 spiro atoms. The molecule has 2 aromatic carbocycles. The quantitative estimate of drug-likeness (QED) is 0.895. The lowest BCUT2D eigenvalue weighted by Crippen LogP contribution is -2.27.